The zero-order valence-corrected chi connectivity index (χ0v) is 20.8. The molecule has 34 heavy (non-hydrogen) atoms. The van der Waals surface area contributed by atoms with Crippen molar-refractivity contribution in [3.8, 4) is 0 Å². The largest absolute Gasteiger partial charge is 0.446 e. The summed E-state index contributed by atoms with van der Waals surface area (Å²) in [7, 11) is 0. The van der Waals surface area contributed by atoms with Crippen LogP contribution in [0.25, 0.3) is 0 Å². The summed E-state index contributed by atoms with van der Waals surface area (Å²) < 4.78 is 43.1. The first-order chi connectivity index (χ1) is 15.8. The first-order valence-electron chi connectivity index (χ1n) is 11.0. The molecular weight excluding hydrogens is 517 g/mol. The van der Waals surface area contributed by atoms with Gasteiger partial charge in [-0.2, -0.15) is 0 Å². The molecule has 11 heteroatoms. The average molecular weight is 542 g/mol. The molecule has 188 valence electrons. The van der Waals surface area contributed by atoms with Gasteiger partial charge in [-0.15, -0.1) is 0 Å². The van der Waals surface area contributed by atoms with Crippen LogP contribution in [0.4, 0.5) is 8.78 Å². The molecule has 0 unspecified atom stereocenters. The Balaban J connectivity index is 1.83. The summed E-state index contributed by atoms with van der Waals surface area (Å²) in [6.45, 7) is 3.07. The van der Waals surface area contributed by atoms with Gasteiger partial charge in [-0.1, -0.05) is 47.8 Å². The SMILES string of the molecule is C[C@]12C=CC(=O)C=C1[C@@H](F)C[C@H]1[C@@H]3CC[C@](OC(=O)C(Cl)Cl)(C(=O)OCCl)[C@@]3(C)C[C@H](O)[C@@]12F. The summed E-state index contributed by atoms with van der Waals surface area (Å²) in [5, 5.41) is 11.3. The van der Waals surface area contributed by atoms with Crippen LogP contribution in [0.1, 0.15) is 39.5 Å². The van der Waals surface area contributed by atoms with Crippen molar-refractivity contribution in [1.82, 2.24) is 0 Å². The lowest BCUT2D eigenvalue weighted by molar-refractivity contribution is -0.235. The fourth-order valence-corrected chi connectivity index (χ4v) is 7.31. The number of carbonyl (C=O) groups is 3. The fraction of sp³-hybridized carbons (Fsp3) is 0.696. The minimum atomic E-state index is -2.33. The maximum atomic E-state index is 17.1. The molecule has 6 nitrogen and oxygen atoms in total. The van der Waals surface area contributed by atoms with Crippen LogP contribution < -0.4 is 0 Å². The highest BCUT2D eigenvalue weighted by Crippen LogP contribution is 2.70. The molecule has 8 atom stereocenters. The normalized spacial score (nSPS) is 45.2. The third-order valence-electron chi connectivity index (χ3n) is 8.72. The number of halogens is 5. The molecule has 0 amide bonds. The van der Waals surface area contributed by atoms with Crippen molar-refractivity contribution in [3.05, 3.63) is 23.8 Å². The highest BCUT2D eigenvalue weighted by Gasteiger charge is 2.77. The van der Waals surface area contributed by atoms with Crippen molar-refractivity contribution in [1.29, 1.82) is 0 Å². The van der Waals surface area contributed by atoms with E-state index in [1.165, 1.54) is 19.1 Å². The number of allylic oxidation sites excluding steroid dienone is 4. The van der Waals surface area contributed by atoms with Gasteiger partial charge in [0.15, 0.2) is 17.5 Å². The minimum absolute atomic E-state index is 0.00855. The molecule has 0 radical (unpaired) electrons. The van der Waals surface area contributed by atoms with Crippen LogP contribution in [0.5, 0.6) is 0 Å². The van der Waals surface area contributed by atoms with Crippen molar-refractivity contribution in [3.63, 3.8) is 0 Å². The Morgan fingerprint density at radius 2 is 1.97 bits per heavy atom. The number of fused-ring (bicyclic) bond motifs is 5. The predicted molar refractivity (Wildman–Crippen MR) is 120 cm³/mol. The lowest BCUT2D eigenvalue weighted by Crippen LogP contribution is -2.70. The van der Waals surface area contributed by atoms with Crippen molar-refractivity contribution < 1.29 is 37.7 Å². The van der Waals surface area contributed by atoms with Gasteiger partial charge in [0.2, 0.25) is 10.4 Å². The maximum absolute atomic E-state index is 17.1. The molecule has 0 heterocycles. The Bertz CT molecular complexity index is 988. The number of aliphatic hydroxyl groups excluding tert-OH is 1. The van der Waals surface area contributed by atoms with Crippen molar-refractivity contribution in [2.75, 3.05) is 6.07 Å². The Labute approximate surface area is 210 Å². The van der Waals surface area contributed by atoms with E-state index in [0.29, 0.717) is 0 Å². The average Bonchev–Trinajstić information content (AvgIpc) is 3.04. The molecule has 0 aromatic heterocycles. The van der Waals surface area contributed by atoms with Gasteiger partial charge in [0, 0.05) is 16.7 Å². The van der Waals surface area contributed by atoms with Crippen molar-refractivity contribution in [2.24, 2.45) is 22.7 Å². The molecule has 3 saturated carbocycles. The summed E-state index contributed by atoms with van der Waals surface area (Å²) in [5.41, 5.74) is -7.19. The number of carbonyl (C=O) groups excluding carboxylic acids is 3. The molecule has 4 rings (SSSR count). The summed E-state index contributed by atoms with van der Waals surface area (Å²) in [6, 6.07) is -0.527. The molecule has 0 aromatic rings. The summed E-state index contributed by atoms with van der Waals surface area (Å²) >= 11 is 16.9. The van der Waals surface area contributed by atoms with E-state index in [4.69, 9.17) is 44.3 Å². The number of ketones is 1. The van der Waals surface area contributed by atoms with Crippen molar-refractivity contribution >= 4 is 52.5 Å². The minimum Gasteiger partial charge on any atom is -0.446 e. The van der Waals surface area contributed by atoms with Gasteiger partial charge in [-0.3, -0.25) is 4.79 Å². The molecule has 4 aliphatic rings. The van der Waals surface area contributed by atoms with Gasteiger partial charge in [-0.05, 0) is 56.3 Å². The number of aliphatic hydroxyl groups is 1. The van der Waals surface area contributed by atoms with Crippen LogP contribution in [-0.2, 0) is 23.9 Å². The number of hydrogen-bond acceptors (Lipinski definition) is 6. The molecule has 0 spiro atoms. The van der Waals surface area contributed by atoms with Crippen LogP contribution in [0.3, 0.4) is 0 Å². The van der Waals surface area contributed by atoms with Gasteiger partial charge in [0.25, 0.3) is 0 Å². The monoisotopic (exact) mass is 540 g/mol. The summed E-state index contributed by atoms with van der Waals surface area (Å²) in [4.78, 5) is 35.9. The third kappa shape index (κ3) is 3.24. The van der Waals surface area contributed by atoms with Gasteiger partial charge < -0.3 is 14.6 Å². The Morgan fingerprint density at radius 1 is 1.29 bits per heavy atom. The van der Waals surface area contributed by atoms with Crippen LogP contribution >= 0.6 is 34.8 Å². The van der Waals surface area contributed by atoms with E-state index in [2.05, 4.69) is 0 Å². The molecule has 0 aliphatic heterocycles. The van der Waals surface area contributed by atoms with E-state index >= 15 is 8.78 Å². The second-order valence-electron chi connectivity index (χ2n) is 9.99. The molecule has 0 saturated heterocycles. The van der Waals surface area contributed by atoms with E-state index < -0.39 is 74.8 Å². The van der Waals surface area contributed by atoms with Gasteiger partial charge >= 0.3 is 11.9 Å². The predicted octanol–water partition coefficient (Wildman–Crippen LogP) is 4.13. The lowest BCUT2D eigenvalue weighted by Gasteiger charge is -2.63. The second kappa shape index (κ2) is 8.43. The number of esters is 2. The molecule has 3 fully saturated rings. The van der Waals surface area contributed by atoms with Crippen LogP contribution in [0, 0.1) is 22.7 Å². The van der Waals surface area contributed by atoms with Gasteiger partial charge in [-0.25, -0.2) is 18.4 Å². The summed E-state index contributed by atoms with van der Waals surface area (Å²) in [6.07, 6.45) is -0.202. The Morgan fingerprint density at radius 3 is 2.59 bits per heavy atom. The number of alkyl halides is 5. The van der Waals surface area contributed by atoms with E-state index in [0.717, 1.165) is 6.08 Å². The Hall–Kier alpha value is -1.22. The summed E-state index contributed by atoms with van der Waals surface area (Å²) in [5.74, 6) is -4.23. The topological polar surface area (TPSA) is 89.9 Å². The van der Waals surface area contributed by atoms with Crippen LogP contribution in [0.15, 0.2) is 23.8 Å². The zero-order valence-electron chi connectivity index (χ0n) is 18.5. The van der Waals surface area contributed by atoms with Gasteiger partial charge in [0.1, 0.15) is 6.17 Å². The van der Waals surface area contributed by atoms with E-state index in [-0.39, 0.29) is 31.3 Å². The number of ether oxygens (including phenoxy) is 2. The van der Waals surface area contributed by atoms with Crippen LogP contribution in [-0.4, -0.2) is 57.3 Å². The van der Waals surface area contributed by atoms with Crippen molar-refractivity contribution in [2.45, 2.75) is 67.9 Å². The molecule has 0 bridgehead atoms. The molecule has 1 N–H and O–H groups in total. The zero-order chi connectivity index (χ0) is 25.3. The van der Waals surface area contributed by atoms with E-state index in [1.54, 1.807) is 6.92 Å². The lowest BCUT2D eigenvalue weighted by atomic mass is 9.44. The number of hydrogen-bond donors (Lipinski definition) is 1. The standard InChI is InChI=1S/C23H25Cl3F2O6/c1-20-5-3-11(29)7-14(20)15(27)8-13-12-4-6-22(19(32)33-10-24,34-18(31)17(25)26)21(12,2)9-16(30)23(13,20)28/h3,5,7,12-13,15-17,30H,4,6,8-10H2,1-2H3/t12-,13-,15-,16-,20-,21-,22-,23-/m0/s1. The van der Waals surface area contributed by atoms with E-state index in [9.17, 15) is 19.5 Å². The third-order valence-corrected chi connectivity index (χ3v) is 9.18. The smallest absolute Gasteiger partial charge is 0.352 e. The number of rotatable bonds is 4. The quantitative estimate of drug-likeness (QED) is 0.425. The van der Waals surface area contributed by atoms with Crippen LogP contribution in [0.2, 0.25) is 0 Å². The molecular formula is C23H25Cl3F2O6. The molecule has 0 aromatic carbocycles. The second-order valence-corrected chi connectivity index (χ2v) is 11.3. The highest BCUT2D eigenvalue weighted by atomic mass is 35.5. The maximum Gasteiger partial charge on any atom is 0.352 e. The first kappa shape index (κ1) is 25.9. The first-order valence-corrected chi connectivity index (χ1v) is 12.4. The van der Waals surface area contributed by atoms with E-state index in [1.807, 2.05) is 0 Å². The molecule has 4 aliphatic carbocycles. The van der Waals surface area contributed by atoms with Gasteiger partial charge in [0.05, 0.1) is 6.10 Å². The highest BCUT2D eigenvalue weighted by molar-refractivity contribution is 6.53. The Kier molecular flexibility index (Phi) is 6.41. The fourth-order valence-electron chi connectivity index (χ4n) is 7.12.